The zero-order valence-electron chi connectivity index (χ0n) is 11.6. The zero-order valence-corrected chi connectivity index (χ0v) is 11.6. The molecule has 1 amide bonds. The molecule has 0 spiro atoms. The minimum Gasteiger partial charge on any atom is -0.394 e. The summed E-state index contributed by atoms with van der Waals surface area (Å²) in [5.74, 6) is 0.0930. The van der Waals surface area contributed by atoms with Crippen molar-refractivity contribution in [1.82, 2.24) is 4.90 Å². The van der Waals surface area contributed by atoms with Crippen LogP contribution < -0.4 is 5.32 Å². The van der Waals surface area contributed by atoms with Crippen molar-refractivity contribution in [2.75, 3.05) is 25.1 Å². The van der Waals surface area contributed by atoms with E-state index in [1.807, 2.05) is 30.0 Å². The number of benzene rings is 1. The molecule has 2 aliphatic rings. The van der Waals surface area contributed by atoms with E-state index in [1.54, 1.807) is 0 Å². The Bertz CT molecular complexity index is 481. The normalized spacial score (nSPS) is 28.9. The summed E-state index contributed by atoms with van der Waals surface area (Å²) >= 11 is 0. The number of aliphatic hydroxyl groups excluding tert-OH is 1. The lowest BCUT2D eigenvalue weighted by Gasteiger charge is -2.38. The smallest absolute Gasteiger partial charge is 0.245 e. The van der Waals surface area contributed by atoms with Crippen LogP contribution in [0.2, 0.25) is 0 Å². The quantitative estimate of drug-likeness (QED) is 0.832. The maximum Gasteiger partial charge on any atom is 0.245 e. The third-order valence-electron chi connectivity index (χ3n) is 4.06. The second kappa shape index (κ2) is 5.42. The van der Waals surface area contributed by atoms with Gasteiger partial charge in [-0.3, -0.25) is 4.79 Å². The van der Waals surface area contributed by atoms with Crippen molar-refractivity contribution < 1.29 is 14.6 Å². The van der Waals surface area contributed by atoms with Crippen LogP contribution in [0.1, 0.15) is 12.5 Å². The first kappa shape index (κ1) is 13.4. The van der Waals surface area contributed by atoms with Crippen molar-refractivity contribution in [3.8, 4) is 0 Å². The highest BCUT2D eigenvalue weighted by atomic mass is 16.5. The highest BCUT2D eigenvalue weighted by molar-refractivity contribution is 5.87. The van der Waals surface area contributed by atoms with E-state index in [9.17, 15) is 9.90 Å². The highest BCUT2D eigenvalue weighted by Gasteiger charge is 2.35. The maximum absolute atomic E-state index is 12.7. The number of nitrogens with one attached hydrogen (secondary N) is 1. The van der Waals surface area contributed by atoms with Crippen molar-refractivity contribution in [2.45, 2.75) is 31.5 Å². The van der Waals surface area contributed by atoms with Crippen molar-refractivity contribution in [3.63, 3.8) is 0 Å². The van der Waals surface area contributed by atoms with Gasteiger partial charge in [0.1, 0.15) is 6.04 Å². The first-order chi connectivity index (χ1) is 9.69. The molecule has 0 aliphatic carbocycles. The summed E-state index contributed by atoms with van der Waals surface area (Å²) in [6, 6.07) is 7.87. The molecule has 1 aromatic carbocycles. The van der Waals surface area contributed by atoms with Gasteiger partial charge in [-0.1, -0.05) is 18.2 Å². The Morgan fingerprint density at radius 1 is 1.50 bits per heavy atom. The van der Waals surface area contributed by atoms with Gasteiger partial charge >= 0.3 is 0 Å². The lowest BCUT2D eigenvalue weighted by atomic mass is 10.1. The van der Waals surface area contributed by atoms with Gasteiger partial charge in [0.05, 0.1) is 25.4 Å². The lowest BCUT2D eigenvalue weighted by Crippen LogP contribution is -2.55. The summed E-state index contributed by atoms with van der Waals surface area (Å²) in [6.07, 6.45) is 0.460. The summed E-state index contributed by atoms with van der Waals surface area (Å²) in [6.45, 7) is 2.88. The lowest BCUT2D eigenvalue weighted by molar-refractivity contribution is -0.146. The molecule has 2 N–H and O–H groups in total. The first-order valence-corrected chi connectivity index (χ1v) is 7.06. The number of hydrogen-bond acceptors (Lipinski definition) is 4. The zero-order chi connectivity index (χ0) is 14.1. The monoisotopic (exact) mass is 276 g/mol. The Hall–Kier alpha value is -1.59. The fraction of sp³-hybridized carbons (Fsp3) is 0.533. The predicted octanol–water partition coefficient (Wildman–Crippen LogP) is 0.631. The van der Waals surface area contributed by atoms with Gasteiger partial charge in [0, 0.05) is 18.7 Å². The van der Waals surface area contributed by atoms with Crippen LogP contribution in [-0.4, -0.2) is 53.9 Å². The van der Waals surface area contributed by atoms with Crippen LogP contribution in [-0.2, 0) is 16.0 Å². The first-order valence-electron chi connectivity index (χ1n) is 7.06. The molecule has 20 heavy (non-hydrogen) atoms. The summed E-state index contributed by atoms with van der Waals surface area (Å²) in [5, 5.41) is 12.5. The third-order valence-corrected chi connectivity index (χ3v) is 4.06. The van der Waals surface area contributed by atoms with Crippen LogP contribution in [0.25, 0.3) is 0 Å². The summed E-state index contributed by atoms with van der Waals surface area (Å²) in [4.78, 5) is 14.5. The van der Waals surface area contributed by atoms with Crippen molar-refractivity contribution in [1.29, 1.82) is 0 Å². The molecule has 3 atom stereocenters. The van der Waals surface area contributed by atoms with Crippen molar-refractivity contribution in [2.24, 2.45) is 0 Å². The molecule has 0 aromatic heterocycles. The summed E-state index contributed by atoms with van der Waals surface area (Å²) < 4.78 is 5.48. The number of carbonyl (C=O) groups is 1. The minimum absolute atomic E-state index is 0.0468. The van der Waals surface area contributed by atoms with E-state index in [-0.39, 0.29) is 30.7 Å². The molecule has 3 unspecified atom stereocenters. The van der Waals surface area contributed by atoms with Gasteiger partial charge in [-0.25, -0.2) is 0 Å². The van der Waals surface area contributed by atoms with Gasteiger partial charge in [0.15, 0.2) is 0 Å². The molecular formula is C15H20N2O3. The van der Waals surface area contributed by atoms with E-state index in [0.29, 0.717) is 13.2 Å². The molecule has 5 heteroatoms. The number of amides is 1. The molecule has 0 radical (unpaired) electrons. The Morgan fingerprint density at radius 3 is 3.05 bits per heavy atom. The Morgan fingerprint density at radius 2 is 2.30 bits per heavy atom. The largest absolute Gasteiger partial charge is 0.394 e. The van der Waals surface area contributed by atoms with Gasteiger partial charge in [0.25, 0.3) is 0 Å². The number of hydrogen-bond donors (Lipinski definition) is 2. The van der Waals surface area contributed by atoms with E-state index >= 15 is 0 Å². The van der Waals surface area contributed by atoms with E-state index in [4.69, 9.17) is 4.74 Å². The number of carbonyl (C=O) groups excluding carboxylic acids is 1. The van der Waals surface area contributed by atoms with E-state index < -0.39 is 0 Å². The van der Waals surface area contributed by atoms with Gasteiger partial charge in [-0.2, -0.15) is 0 Å². The molecule has 3 rings (SSSR count). The molecule has 2 aliphatic heterocycles. The van der Waals surface area contributed by atoms with Crippen molar-refractivity contribution >= 4 is 11.6 Å². The van der Waals surface area contributed by atoms with Crippen LogP contribution >= 0.6 is 0 Å². The number of nitrogens with zero attached hydrogens (tertiary/aromatic N) is 1. The van der Waals surface area contributed by atoms with Crippen LogP contribution in [0.4, 0.5) is 5.69 Å². The number of aliphatic hydroxyl groups is 1. The van der Waals surface area contributed by atoms with Gasteiger partial charge < -0.3 is 20.1 Å². The van der Waals surface area contributed by atoms with Gasteiger partial charge in [0.2, 0.25) is 5.91 Å². The summed E-state index contributed by atoms with van der Waals surface area (Å²) in [7, 11) is 0. The number of ether oxygens (including phenoxy) is 1. The molecule has 1 saturated heterocycles. The molecule has 2 heterocycles. The molecular weight excluding hydrogens is 256 g/mol. The molecule has 1 fully saturated rings. The topological polar surface area (TPSA) is 61.8 Å². The number of rotatable bonds is 2. The molecule has 108 valence electrons. The Balaban J connectivity index is 1.70. The van der Waals surface area contributed by atoms with Crippen LogP contribution in [0.15, 0.2) is 24.3 Å². The average molecular weight is 276 g/mol. The fourth-order valence-corrected chi connectivity index (χ4v) is 2.88. The minimum atomic E-state index is -0.265. The van der Waals surface area contributed by atoms with Gasteiger partial charge in [-0.15, -0.1) is 0 Å². The van der Waals surface area contributed by atoms with Crippen molar-refractivity contribution in [3.05, 3.63) is 29.8 Å². The second-order valence-electron chi connectivity index (χ2n) is 5.54. The molecule has 5 nitrogen and oxygen atoms in total. The van der Waals surface area contributed by atoms with Gasteiger partial charge in [-0.05, 0) is 18.6 Å². The third kappa shape index (κ3) is 2.39. The fourth-order valence-electron chi connectivity index (χ4n) is 2.88. The van der Waals surface area contributed by atoms with E-state index in [1.165, 1.54) is 5.56 Å². The second-order valence-corrected chi connectivity index (χ2v) is 5.54. The number of para-hydroxylation sites is 1. The number of morpholine rings is 1. The van der Waals surface area contributed by atoms with Crippen LogP contribution in [0.3, 0.4) is 0 Å². The SMILES string of the molecule is CC1COC(CO)CN1C(=O)C1Cc2ccccc2N1. The maximum atomic E-state index is 12.7. The predicted molar refractivity (Wildman–Crippen MR) is 75.6 cm³/mol. The average Bonchev–Trinajstić information content (AvgIpc) is 2.91. The number of fused-ring (bicyclic) bond motifs is 1. The van der Waals surface area contributed by atoms with Crippen LogP contribution in [0.5, 0.6) is 0 Å². The highest BCUT2D eigenvalue weighted by Crippen LogP contribution is 2.27. The van der Waals surface area contributed by atoms with Crippen LogP contribution in [0, 0.1) is 0 Å². The Labute approximate surface area is 118 Å². The Kier molecular flexibility index (Phi) is 3.63. The number of anilines is 1. The molecule has 0 bridgehead atoms. The summed E-state index contributed by atoms with van der Waals surface area (Å²) in [5.41, 5.74) is 2.23. The molecule has 1 aromatic rings. The molecule has 0 saturated carbocycles. The van der Waals surface area contributed by atoms with E-state index in [0.717, 1.165) is 12.1 Å². The van der Waals surface area contributed by atoms with E-state index in [2.05, 4.69) is 11.4 Å². The standard InChI is InChI=1S/C15H20N2O3/c1-10-9-20-12(8-18)7-17(10)15(19)14-6-11-4-2-3-5-13(11)16-14/h2-5,10,12,14,16,18H,6-9H2,1H3.